The van der Waals surface area contributed by atoms with Crippen molar-refractivity contribution < 1.29 is 56.2 Å². The van der Waals surface area contributed by atoms with Crippen LogP contribution in [0.4, 0.5) is 0 Å². The Morgan fingerprint density at radius 3 is 1.15 bits per heavy atom. The van der Waals surface area contributed by atoms with E-state index in [1.54, 1.807) is 0 Å². The average Bonchev–Trinajstić information content (AvgIpc) is 0.926. The van der Waals surface area contributed by atoms with E-state index in [9.17, 15) is 38.4 Å². The van der Waals surface area contributed by atoms with Gasteiger partial charge in [0.1, 0.15) is 0 Å². The molecule has 0 bridgehead atoms. The maximum Gasteiger partial charge on any atom is 0.240 e. The van der Waals surface area contributed by atoms with Gasteiger partial charge < -0.3 is 4.57 Å². The summed E-state index contributed by atoms with van der Waals surface area (Å²) in [6.45, 7) is 1.06. The Labute approximate surface area is 468 Å². The molecule has 71 heavy (non-hydrogen) atoms. The smallest absolute Gasteiger partial charge is 0.240 e. The molecule has 0 aliphatic rings. The van der Waals surface area contributed by atoms with Crippen LogP contribution in [0, 0.1) is 6.92 Å². The number of hydrogen-bond acceptors (Lipinski definition) is 3. The van der Waals surface area contributed by atoms with Gasteiger partial charge in [0.25, 0.3) is 0 Å². The van der Waals surface area contributed by atoms with Gasteiger partial charge in [-0.1, -0.05) is 205 Å². The fraction of sp³-hybridized carbons (Fsp3) is 0.0156. The SMILES string of the molecule is [2H]c1c([2H])c([2H])c([Si](c2c([2H])c([2H])c(C)c([2H])c2[2H])(c2c([2H])c([2H])c([2H])c(-c3nc(-n4c5c([2H])c([2H])c([2H])c([2H])c5c5c([2H])c([2H])c([2H])c([2H])c54)nc(-n4c5c([2H])c([2H])c([2H])c([2H])c5c5c([2H])c([2H])c([2H])c([2H])c54)n3)c2[2H])c2c([2H])c([2H])c([2H])c(-n3c4c([2H])c([2H])c([2H])c([2H])c4c4c([2H])c([2H])c([2H])c([2H])c43)c2[2H])c([2H])c1[2H]. The Bertz CT molecular complexity index is 6330. The Hall–Kier alpha value is -9.17. The molecule has 1 atom stereocenters. The van der Waals surface area contributed by atoms with Crippen molar-refractivity contribution in [2.45, 2.75) is 6.92 Å². The molecule has 4 heterocycles. The average molecular weight is 966 g/mol. The zero-order valence-electron chi connectivity index (χ0n) is 76.7. The first-order valence-electron chi connectivity index (χ1n) is 41.4. The second-order valence-electron chi connectivity index (χ2n) is 15.3. The van der Waals surface area contributed by atoms with Crippen molar-refractivity contribution in [3.8, 4) is 29.0 Å². The largest absolute Gasteiger partial charge is 0.309 e. The van der Waals surface area contributed by atoms with Gasteiger partial charge >= 0.3 is 0 Å². The molecule has 4 aromatic heterocycles. The minimum Gasteiger partial charge on any atom is -0.309 e. The molecule has 0 aliphatic heterocycles. The van der Waals surface area contributed by atoms with Crippen molar-refractivity contribution in [2.75, 3.05) is 0 Å². The number of benzene rings is 10. The van der Waals surface area contributed by atoms with Gasteiger partial charge in [-0.15, -0.1) is 0 Å². The number of para-hydroxylation sites is 6. The fourth-order valence-electron chi connectivity index (χ4n) is 8.58. The highest BCUT2D eigenvalue weighted by Crippen LogP contribution is 2.35. The van der Waals surface area contributed by atoms with E-state index in [-0.39, 0.29) is 0 Å². The van der Waals surface area contributed by atoms with Crippen molar-refractivity contribution in [1.82, 2.24) is 28.7 Å². The molecule has 0 spiro atoms. The Morgan fingerprint density at radius 2 is 0.690 bits per heavy atom. The monoisotopic (exact) mass is 966 g/mol. The molecule has 0 radical (unpaired) electrons. The molecule has 0 fully saturated rings. The highest BCUT2D eigenvalue weighted by Gasteiger charge is 2.42. The van der Waals surface area contributed by atoms with Crippen molar-refractivity contribution in [3.05, 3.63) is 253 Å². The lowest BCUT2D eigenvalue weighted by atomic mass is 10.2. The van der Waals surface area contributed by atoms with Crippen LogP contribution in [0.25, 0.3) is 94.4 Å². The predicted molar refractivity (Wildman–Crippen MR) is 297 cm³/mol. The van der Waals surface area contributed by atoms with Gasteiger partial charge in [0.15, 0.2) is 13.9 Å². The zero-order valence-corrected chi connectivity index (χ0v) is 36.7. The van der Waals surface area contributed by atoms with Crippen molar-refractivity contribution in [2.24, 2.45) is 0 Å². The standard InChI is InChI=1S/C64H44N6Si/c1-43-37-39-47(40-38-43)71(46-21-3-2-4-22-46,49-24-18-20-45(42-49)68-56-31-11-5-25-50(56)51-26-6-12-32-57(51)68)48-23-17-19-44(41-48)62-65-63(69-58-33-13-7-27-52(58)53-28-8-14-34-59(53)69)67-64(66-62)70-60-35-15-9-29-54(60)55-30-10-16-36-61(55)70/h2-42H,1H3/i2D,3D,4D,5D,6D,7D,8D,9D,10D,11D,12D,13D,14D,15D,16D,17D,18D,19D,20D,21D,22D,23D,24D,25D,26D,27D,28D,29D,30D,31D,32D,33D,34D,35D,36D,37D,38D,39D,40D,41D,42D. The van der Waals surface area contributed by atoms with Crippen LogP contribution in [-0.4, -0.2) is 36.7 Å². The molecule has 10 aromatic carbocycles. The fourth-order valence-corrected chi connectivity index (χ4v) is 12.2. The third-order valence-electron chi connectivity index (χ3n) is 11.5. The molecule has 0 N–H and O–H groups in total. The van der Waals surface area contributed by atoms with Crippen LogP contribution in [0.3, 0.4) is 0 Å². The molecule has 7 heteroatoms. The second kappa shape index (κ2) is 16.2. The second-order valence-corrected chi connectivity index (χ2v) is 18.8. The van der Waals surface area contributed by atoms with E-state index in [0.29, 0.717) is 13.7 Å². The van der Waals surface area contributed by atoms with Crippen molar-refractivity contribution in [1.29, 1.82) is 0 Å². The van der Waals surface area contributed by atoms with Crippen molar-refractivity contribution >= 4 is 94.2 Å². The van der Waals surface area contributed by atoms with Gasteiger partial charge in [-0.2, -0.15) is 15.0 Å². The molecule has 6 nitrogen and oxygen atoms in total. The van der Waals surface area contributed by atoms with E-state index in [1.165, 1.54) is 0 Å². The summed E-state index contributed by atoms with van der Waals surface area (Å²) < 4.78 is 390. The Balaban J connectivity index is 1.30. The molecule has 0 saturated carbocycles. The first kappa shape index (κ1) is 17.1. The molecular formula is C64H44N6Si. The molecular weight excluding hydrogens is 881 g/mol. The molecule has 14 aromatic rings. The molecule has 1 unspecified atom stereocenters. The van der Waals surface area contributed by atoms with Crippen LogP contribution in [0.5, 0.6) is 0 Å². The van der Waals surface area contributed by atoms with Gasteiger partial charge in [-0.3, -0.25) is 9.13 Å². The number of nitrogens with zero attached hydrogens (tertiary/aromatic N) is 6. The van der Waals surface area contributed by atoms with Gasteiger partial charge in [-0.25, -0.2) is 0 Å². The van der Waals surface area contributed by atoms with Crippen LogP contribution in [0.2, 0.25) is 0 Å². The Morgan fingerprint density at radius 1 is 0.324 bits per heavy atom. The molecule has 334 valence electrons. The first-order valence-corrected chi connectivity index (χ1v) is 22.9. The van der Waals surface area contributed by atoms with E-state index < -0.39 is 377 Å². The number of fused-ring (bicyclic) bond motifs is 9. The zero-order chi connectivity index (χ0) is 82.7. The number of hydrogen-bond donors (Lipinski definition) is 0. The lowest BCUT2D eigenvalue weighted by Gasteiger charge is -2.35. The van der Waals surface area contributed by atoms with Crippen LogP contribution in [0.15, 0.2) is 248 Å². The van der Waals surface area contributed by atoms with E-state index >= 15 is 0 Å². The van der Waals surface area contributed by atoms with Crippen LogP contribution >= 0.6 is 0 Å². The maximum absolute atomic E-state index is 11.0. The van der Waals surface area contributed by atoms with E-state index in [0.717, 1.165) is 6.92 Å². The summed E-state index contributed by atoms with van der Waals surface area (Å²) >= 11 is 0. The minimum absolute atomic E-state index is 0.508. The van der Waals surface area contributed by atoms with Gasteiger partial charge in [-0.05, 0) is 76.0 Å². The lowest BCUT2D eigenvalue weighted by Crippen LogP contribution is -2.74. The quantitative estimate of drug-likeness (QED) is 0.113. The van der Waals surface area contributed by atoms with Crippen LogP contribution < -0.4 is 20.7 Å². The first-order chi connectivity index (χ1) is 52.2. The number of rotatable bonds is 8. The summed E-state index contributed by atoms with van der Waals surface area (Å²) in [6.07, 6.45) is 0. The summed E-state index contributed by atoms with van der Waals surface area (Å²) in [4.78, 5) is 13.9. The molecule has 0 saturated heterocycles. The summed E-state index contributed by atoms with van der Waals surface area (Å²) in [5, 5.41) is -9.71. The summed E-state index contributed by atoms with van der Waals surface area (Å²) in [5.41, 5.74) is -8.12. The van der Waals surface area contributed by atoms with Crippen LogP contribution in [-0.2, 0) is 0 Å². The van der Waals surface area contributed by atoms with Gasteiger partial charge in [0, 0.05) is 43.6 Å². The van der Waals surface area contributed by atoms with Gasteiger partial charge in [0.05, 0.1) is 89.3 Å². The van der Waals surface area contributed by atoms with E-state index in [1.807, 2.05) is 0 Å². The highest BCUT2D eigenvalue weighted by atomic mass is 28.3. The third kappa shape index (κ3) is 6.30. The number of aromatic nitrogens is 6. The lowest BCUT2D eigenvalue weighted by molar-refractivity contribution is 0.893. The topological polar surface area (TPSA) is 53.5 Å². The van der Waals surface area contributed by atoms with Crippen LogP contribution in [0.1, 0.15) is 61.8 Å². The predicted octanol–water partition coefficient (Wildman–Crippen LogP) is 12.5. The van der Waals surface area contributed by atoms with E-state index in [4.69, 9.17) is 17.8 Å². The Kier molecular flexibility index (Phi) is 3.90. The summed E-state index contributed by atoms with van der Waals surface area (Å²) in [5.74, 6) is -3.70. The van der Waals surface area contributed by atoms with Gasteiger partial charge in [0.2, 0.25) is 11.9 Å². The summed E-state index contributed by atoms with van der Waals surface area (Å²) in [6, 6.07) is -48.4. The molecule has 0 amide bonds. The molecule has 0 aliphatic carbocycles. The van der Waals surface area contributed by atoms with Crippen molar-refractivity contribution in [3.63, 3.8) is 0 Å². The van der Waals surface area contributed by atoms with E-state index in [2.05, 4.69) is 15.0 Å². The molecule has 14 rings (SSSR count). The third-order valence-corrected chi connectivity index (χ3v) is 15.5. The highest BCUT2D eigenvalue weighted by molar-refractivity contribution is 7.20. The normalized spacial score (nSPS) is 20.8. The summed E-state index contributed by atoms with van der Waals surface area (Å²) in [7, 11) is -7.05. The minimum atomic E-state index is -7.05. The maximum atomic E-state index is 11.0.